The summed E-state index contributed by atoms with van der Waals surface area (Å²) in [7, 11) is 0. The third kappa shape index (κ3) is 5.40. The van der Waals surface area contributed by atoms with Crippen molar-refractivity contribution in [3.8, 4) is 0 Å². The predicted octanol–water partition coefficient (Wildman–Crippen LogP) is 2.44. The van der Waals surface area contributed by atoms with Crippen LogP contribution in [-0.4, -0.2) is 36.0 Å². The van der Waals surface area contributed by atoms with Crippen molar-refractivity contribution in [2.45, 2.75) is 32.3 Å². The molecule has 0 bridgehead atoms. The number of aliphatic hydroxyl groups is 1. The average Bonchev–Trinajstić information content (AvgIpc) is 2.67. The number of hydrogen-bond donors (Lipinski definition) is 2. The summed E-state index contributed by atoms with van der Waals surface area (Å²) < 4.78 is 10.2. The molecular weight excluding hydrogens is 334 g/mol. The van der Waals surface area contributed by atoms with Crippen molar-refractivity contribution in [1.82, 2.24) is 5.32 Å². The molecule has 0 aliphatic carbocycles. The van der Waals surface area contributed by atoms with Gasteiger partial charge in [0.05, 0.1) is 6.04 Å². The smallest absolute Gasteiger partial charge is 0.339 e. The molecular formula is C20H23NO5. The summed E-state index contributed by atoms with van der Waals surface area (Å²) >= 11 is 0. The first-order valence-corrected chi connectivity index (χ1v) is 8.44. The van der Waals surface area contributed by atoms with Crippen LogP contribution in [0.3, 0.4) is 0 Å². The van der Waals surface area contributed by atoms with E-state index in [1.807, 2.05) is 0 Å². The fourth-order valence-electron chi connectivity index (χ4n) is 2.46. The van der Waals surface area contributed by atoms with Gasteiger partial charge in [0.15, 0.2) is 12.4 Å². The maximum atomic E-state index is 12.5. The molecule has 0 aliphatic rings. The van der Waals surface area contributed by atoms with E-state index in [1.54, 1.807) is 74.5 Å². The van der Waals surface area contributed by atoms with Gasteiger partial charge in [-0.25, -0.2) is 4.79 Å². The minimum Gasteiger partial charge on any atom is -0.434 e. The first kappa shape index (κ1) is 19.6. The Bertz CT molecular complexity index is 705. The fourth-order valence-corrected chi connectivity index (χ4v) is 2.46. The molecule has 0 fully saturated rings. The van der Waals surface area contributed by atoms with Crippen molar-refractivity contribution < 1.29 is 24.2 Å². The van der Waals surface area contributed by atoms with Gasteiger partial charge in [0.2, 0.25) is 0 Å². The lowest BCUT2D eigenvalue weighted by Crippen LogP contribution is -2.42. The second-order valence-electron chi connectivity index (χ2n) is 5.63. The zero-order valence-electron chi connectivity index (χ0n) is 14.8. The SMILES string of the molecule is CCOC(C)OC(=O)C(O)C(NC(=O)c1ccccc1)c1ccccc1. The molecule has 138 valence electrons. The van der Waals surface area contributed by atoms with Gasteiger partial charge in [-0.1, -0.05) is 48.5 Å². The lowest BCUT2D eigenvalue weighted by Gasteiger charge is -2.24. The number of hydrogen-bond acceptors (Lipinski definition) is 5. The number of benzene rings is 2. The van der Waals surface area contributed by atoms with Gasteiger partial charge in [-0.2, -0.15) is 0 Å². The van der Waals surface area contributed by atoms with Gasteiger partial charge >= 0.3 is 5.97 Å². The van der Waals surface area contributed by atoms with Gasteiger partial charge in [0.1, 0.15) is 0 Å². The Labute approximate surface area is 152 Å². The first-order valence-electron chi connectivity index (χ1n) is 8.44. The summed E-state index contributed by atoms with van der Waals surface area (Å²) in [6.45, 7) is 3.71. The van der Waals surface area contributed by atoms with Crippen molar-refractivity contribution in [2.75, 3.05) is 6.61 Å². The van der Waals surface area contributed by atoms with Crippen LogP contribution in [0.2, 0.25) is 0 Å². The standard InChI is InChI=1S/C20H23NO5/c1-3-25-14(2)26-20(24)18(22)17(15-10-6-4-7-11-15)21-19(23)16-12-8-5-9-13-16/h4-14,17-18,22H,3H2,1-2H3,(H,21,23). The van der Waals surface area contributed by atoms with Crippen LogP contribution in [0.4, 0.5) is 0 Å². The van der Waals surface area contributed by atoms with Gasteiger partial charge in [0, 0.05) is 12.2 Å². The Balaban J connectivity index is 2.18. The molecule has 0 spiro atoms. The van der Waals surface area contributed by atoms with E-state index in [1.165, 1.54) is 0 Å². The number of esters is 1. The van der Waals surface area contributed by atoms with Crippen LogP contribution in [0.25, 0.3) is 0 Å². The van der Waals surface area contributed by atoms with Gasteiger partial charge in [-0.15, -0.1) is 0 Å². The third-order valence-corrected chi connectivity index (χ3v) is 3.72. The molecule has 3 atom stereocenters. The molecule has 2 rings (SSSR count). The van der Waals surface area contributed by atoms with Crippen molar-refractivity contribution >= 4 is 11.9 Å². The van der Waals surface area contributed by atoms with Crippen LogP contribution in [0.1, 0.15) is 35.8 Å². The number of rotatable bonds is 8. The molecule has 1 amide bonds. The van der Waals surface area contributed by atoms with Crippen LogP contribution < -0.4 is 5.32 Å². The normalized spacial score (nSPS) is 14.1. The number of amides is 1. The lowest BCUT2D eigenvalue weighted by molar-refractivity contribution is -0.184. The quantitative estimate of drug-likeness (QED) is 0.560. The maximum Gasteiger partial charge on any atom is 0.339 e. The van der Waals surface area contributed by atoms with Gasteiger partial charge in [-0.05, 0) is 31.5 Å². The summed E-state index contributed by atoms with van der Waals surface area (Å²) in [5, 5.41) is 13.2. The summed E-state index contributed by atoms with van der Waals surface area (Å²) in [4.78, 5) is 24.7. The Morgan fingerprint density at radius 2 is 1.62 bits per heavy atom. The summed E-state index contributed by atoms with van der Waals surface area (Å²) in [5.41, 5.74) is 1.02. The number of carbonyl (C=O) groups excluding carboxylic acids is 2. The van der Waals surface area contributed by atoms with E-state index >= 15 is 0 Å². The number of aliphatic hydroxyl groups excluding tert-OH is 1. The molecule has 6 heteroatoms. The number of carbonyl (C=O) groups is 2. The highest BCUT2D eigenvalue weighted by Gasteiger charge is 2.31. The van der Waals surface area contributed by atoms with Crippen LogP contribution in [0.5, 0.6) is 0 Å². The molecule has 0 saturated carbocycles. The number of ether oxygens (including phenoxy) is 2. The molecule has 0 aliphatic heterocycles. The van der Waals surface area contributed by atoms with Gasteiger partial charge in [-0.3, -0.25) is 4.79 Å². The van der Waals surface area contributed by atoms with Gasteiger partial charge in [0.25, 0.3) is 5.91 Å². The van der Waals surface area contributed by atoms with E-state index in [4.69, 9.17) is 9.47 Å². The van der Waals surface area contributed by atoms with Crippen LogP contribution >= 0.6 is 0 Å². The van der Waals surface area contributed by atoms with Gasteiger partial charge < -0.3 is 19.9 Å². The summed E-state index contributed by atoms with van der Waals surface area (Å²) in [5.74, 6) is -1.27. The monoisotopic (exact) mass is 357 g/mol. The predicted molar refractivity (Wildman–Crippen MR) is 96.3 cm³/mol. The molecule has 26 heavy (non-hydrogen) atoms. The van der Waals surface area contributed by atoms with Crippen LogP contribution in [0, 0.1) is 0 Å². The molecule has 3 unspecified atom stereocenters. The molecule has 2 N–H and O–H groups in total. The maximum absolute atomic E-state index is 12.5. The highest BCUT2D eigenvalue weighted by Crippen LogP contribution is 2.19. The molecule has 0 heterocycles. The molecule has 0 saturated heterocycles. The zero-order valence-corrected chi connectivity index (χ0v) is 14.8. The largest absolute Gasteiger partial charge is 0.434 e. The zero-order chi connectivity index (χ0) is 18.9. The molecule has 6 nitrogen and oxygen atoms in total. The van der Waals surface area contributed by atoms with Crippen molar-refractivity contribution in [3.05, 3.63) is 71.8 Å². The minimum atomic E-state index is -1.58. The third-order valence-electron chi connectivity index (χ3n) is 3.72. The molecule has 2 aromatic rings. The highest BCUT2D eigenvalue weighted by atomic mass is 16.7. The van der Waals surface area contributed by atoms with E-state index in [2.05, 4.69) is 5.32 Å². The fraction of sp³-hybridized carbons (Fsp3) is 0.300. The molecule has 2 aromatic carbocycles. The van der Waals surface area contributed by atoms with E-state index in [9.17, 15) is 14.7 Å². The second-order valence-corrected chi connectivity index (χ2v) is 5.63. The van der Waals surface area contributed by atoms with Crippen molar-refractivity contribution in [2.24, 2.45) is 0 Å². The topological polar surface area (TPSA) is 84.9 Å². The summed E-state index contributed by atoms with van der Waals surface area (Å²) in [6.07, 6.45) is -2.36. The first-order chi connectivity index (χ1) is 12.5. The van der Waals surface area contributed by atoms with E-state index < -0.39 is 30.3 Å². The van der Waals surface area contributed by atoms with Crippen LogP contribution in [0.15, 0.2) is 60.7 Å². The Kier molecular flexibility index (Phi) is 7.32. The lowest BCUT2D eigenvalue weighted by atomic mass is 10.0. The van der Waals surface area contributed by atoms with E-state index in [-0.39, 0.29) is 0 Å². The Hall–Kier alpha value is -2.70. The average molecular weight is 357 g/mol. The van der Waals surface area contributed by atoms with Crippen molar-refractivity contribution in [1.29, 1.82) is 0 Å². The van der Waals surface area contributed by atoms with E-state index in [0.29, 0.717) is 17.7 Å². The van der Waals surface area contributed by atoms with E-state index in [0.717, 1.165) is 0 Å². The second kappa shape index (κ2) is 9.70. The minimum absolute atomic E-state index is 0.372. The molecule has 0 radical (unpaired) electrons. The molecule has 0 aromatic heterocycles. The number of nitrogens with one attached hydrogen (secondary N) is 1. The van der Waals surface area contributed by atoms with Crippen molar-refractivity contribution in [3.63, 3.8) is 0 Å². The van der Waals surface area contributed by atoms with Crippen LogP contribution in [-0.2, 0) is 14.3 Å². The Morgan fingerprint density at radius 1 is 1.04 bits per heavy atom. The Morgan fingerprint density at radius 3 is 2.19 bits per heavy atom. The summed E-state index contributed by atoms with van der Waals surface area (Å²) in [6, 6.07) is 16.4. The highest BCUT2D eigenvalue weighted by molar-refractivity contribution is 5.94.